The minimum Gasteiger partial charge on any atom is -0.497 e. The molecule has 0 spiro atoms. The van der Waals surface area contributed by atoms with Gasteiger partial charge in [-0.25, -0.2) is 4.39 Å². The minimum absolute atomic E-state index is 0.0935. The number of aliphatic hydroxyl groups excluding tert-OH is 1. The zero-order chi connectivity index (χ0) is 24.0. The van der Waals surface area contributed by atoms with E-state index < -0.39 is 6.17 Å². The summed E-state index contributed by atoms with van der Waals surface area (Å²) >= 11 is 6.40. The van der Waals surface area contributed by atoms with Crippen molar-refractivity contribution < 1.29 is 14.2 Å². The van der Waals surface area contributed by atoms with E-state index >= 15 is 4.39 Å². The van der Waals surface area contributed by atoms with Gasteiger partial charge in [0.15, 0.2) is 0 Å². The molecular formula is C28H34ClFN2O2. The van der Waals surface area contributed by atoms with Crippen LogP contribution in [0.15, 0.2) is 54.7 Å². The fourth-order valence-electron chi connectivity index (χ4n) is 5.08. The third kappa shape index (κ3) is 5.88. The van der Waals surface area contributed by atoms with Crippen LogP contribution < -0.4 is 4.74 Å². The summed E-state index contributed by atoms with van der Waals surface area (Å²) in [6.07, 6.45) is 5.24. The quantitative estimate of drug-likeness (QED) is 0.362. The Balaban J connectivity index is 1.34. The molecule has 4 nitrogen and oxygen atoms in total. The number of hydrogen-bond donors (Lipinski definition) is 1. The molecule has 34 heavy (non-hydrogen) atoms. The van der Waals surface area contributed by atoms with Crippen LogP contribution in [0.3, 0.4) is 0 Å². The predicted octanol–water partition coefficient (Wildman–Crippen LogP) is 6.39. The highest BCUT2D eigenvalue weighted by atomic mass is 35.5. The highest BCUT2D eigenvalue weighted by molar-refractivity contribution is 6.32. The van der Waals surface area contributed by atoms with Crippen molar-refractivity contribution in [2.75, 3.05) is 33.4 Å². The van der Waals surface area contributed by atoms with Crippen molar-refractivity contribution in [3.8, 4) is 5.75 Å². The van der Waals surface area contributed by atoms with Gasteiger partial charge in [-0.1, -0.05) is 41.9 Å². The van der Waals surface area contributed by atoms with Gasteiger partial charge in [0.05, 0.1) is 17.6 Å². The topological polar surface area (TPSA) is 45.6 Å². The van der Waals surface area contributed by atoms with E-state index in [4.69, 9.17) is 16.3 Å². The van der Waals surface area contributed by atoms with Gasteiger partial charge in [-0.15, -0.1) is 0 Å². The number of halogens is 2. The van der Waals surface area contributed by atoms with E-state index in [9.17, 15) is 5.11 Å². The van der Waals surface area contributed by atoms with E-state index in [2.05, 4.69) is 34.1 Å². The first kappa shape index (κ1) is 24.9. The van der Waals surface area contributed by atoms with Crippen LogP contribution in [0.2, 0.25) is 5.02 Å². The Morgan fingerprint density at radius 2 is 1.94 bits per heavy atom. The van der Waals surface area contributed by atoms with Crippen LogP contribution in [-0.2, 0) is 6.42 Å². The third-order valence-electron chi connectivity index (χ3n) is 7.34. The Hall–Kier alpha value is -2.21. The van der Waals surface area contributed by atoms with Crippen LogP contribution in [0.5, 0.6) is 5.75 Å². The normalized spacial score (nSPS) is 17.1. The maximum absolute atomic E-state index is 15.6. The zero-order valence-electron chi connectivity index (χ0n) is 19.9. The summed E-state index contributed by atoms with van der Waals surface area (Å²) in [4.78, 5) is 6.81. The number of alkyl halides is 1. The molecule has 1 saturated heterocycles. The molecule has 182 valence electrons. The average molecular weight is 485 g/mol. The Labute approximate surface area is 206 Å². The molecule has 1 aromatic heterocycles. The molecule has 0 saturated carbocycles. The largest absolute Gasteiger partial charge is 0.497 e. The summed E-state index contributed by atoms with van der Waals surface area (Å²) in [6.45, 7) is 3.05. The maximum atomic E-state index is 15.6. The molecule has 1 aliphatic heterocycles. The lowest BCUT2D eigenvalue weighted by Gasteiger charge is -2.41. The number of fused-ring (bicyclic) bond motifs is 1. The van der Waals surface area contributed by atoms with Crippen LogP contribution in [0.1, 0.15) is 49.4 Å². The molecule has 2 heterocycles. The predicted molar refractivity (Wildman–Crippen MR) is 136 cm³/mol. The summed E-state index contributed by atoms with van der Waals surface area (Å²) in [5.41, 5.74) is 2.31. The Morgan fingerprint density at radius 1 is 1.18 bits per heavy atom. The molecule has 0 bridgehead atoms. The number of pyridine rings is 1. The van der Waals surface area contributed by atoms with Crippen molar-refractivity contribution in [2.24, 2.45) is 5.41 Å². The highest BCUT2D eigenvalue weighted by Crippen LogP contribution is 2.41. The zero-order valence-corrected chi connectivity index (χ0v) is 20.6. The van der Waals surface area contributed by atoms with Crippen molar-refractivity contribution in [1.29, 1.82) is 0 Å². The van der Waals surface area contributed by atoms with Gasteiger partial charge in [-0.2, -0.15) is 0 Å². The van der Waals surface area contributed by atoms with Crippen molar-refractivity contribution in [2.45, 2.75) is 44.7 Å². The van der Waals surface area contributed by atoms with Gasteiger partial charge in [0, 0.05) is 23.8 Å². The van der Waals surface area contributed by atoms with Crippen molar-refractivity contribution in [3.63, 3.8) is 0 Å². The van der Waals surface area contributed by atoms with Crippen LogP contribution in [-0.4, -0.2) is 48.3 Å². The van der Waals surface area contributed by atoms with Gasteiger partial charge in [-0.3, -0.25) is 4.98 Å². The first-order valence-electron chi connectivity index (χ1n) is 12.2. The first-order valence-corrected chi connectivity index (χ1v) is 12.5. The number of aromatic nitrogens is 1. The lowest BCUT2D eigenvalue weighted by atomic mass is 9.74. The second-order valence-electron chi connectivity index (χ2n) is 9.50. The van der Waals surface area contributed by atoms with E-state index in [-0.39, 0.29) is 12.0 Å². The molecule has 0 unspecified atom stereocenters. The van der Waals surface area contributed by atoms with Gasteiger partial charge >= 0.3 is 0 Å². The molecule has 4 rings (SSSR count). The molecule has 6 heteroatoms. The number of ether oxygens (including phenoxy) is 1. The van der Waals surface area contributed by atoms with Gasteiger partial charge in [0.1, 0.15) is 11.9 Å². The molecule has 2 aromatic carbocycles. The van der Waals surface area contributed by atoms with E-state index in [0.717, 1.165) is 45.3 Å². The fraction of sp³-hybridized carbons (Fsp3) is 0.464. The van der Waals surface area contributed by atoms with E-state index in [1.165, 1.54) is 11.8 Å². The number of aryl methyl sites for hydroxylation is 1. The Morgan fingerprint density at radius 3 is 2.65 bits per heavy atom. The molecule has 0 aliphatic carbocycles. The smallest absolute Gasteiger partial charge is 0.127 e. The van der Waals surface area contributed by atoms with Crippen molar-refractivity contribution in [1.82, 2.24) is 9.88 Å². The maximum Gasteiger partial charge on any atom is 0.127 e. The molecule has 0 radical (unpaired) electrons. The standard InChI is InChI=1S/C28H34ClFN2O2/c1-34-22-9-10-26-23(18-22)27(24(29)19-31-26)25(30)11-12-28(20-33)13-16-32(17-14-28)15-5-8-21-6-3-2-4-7-21/h2-4,6-7,9-10,18-19,25,33H,5,8,11-17,20H2,1H3/t25-/m1/s1. The number of benzene rings is 2. The molecule has 1 N–H and O–H groups in total. The highest BCUT2D eigenvalue weighted by Gasteiger charge is 2.35. The molecule has 1 aliphatic rings. The molecule has 3 aromatic rings. The lowest BCUT2D eigenvalue weighted by Crippen LogP contribution is -2.42. The van der Waals surface area contributed by atoms with Gasteiger partial charge in [-0.05, 0) is 87.3 Å². The lowest BCUT2D eigenvalue weighted by molar-refractivity contribution is 0.0300. The molecule has 1 fully saturated rings. The van der Waals surface area contributed by atoms with E-state index in [0.29, 0.717) is 40.1 Å². The number of nitrogens with zero attached hydrogens (tertiary/aromatic N) is 2. The van der Waals surface area contributed by atoms with Crippen LogP contribution in [0, 0.1) is 5.41 Å². The second kappa shape index (κ2) is 11.5. The van der Waals surface area contributed by atoms with Crippen LogP contribution in [0.25, 0.3) is 10.9 Å². The summed E-state index contributed by atoms with van der Waals surface area (Å²) in [7, 11) is 1.59. The average Bonchev–Trinajstić information content (AvgIpc) is 2.88. The number of piperidine rings is 1. The molecule has 0 amide bonds. The number of rotatable bonds is 10. The molecular weight excluding hydrogens is 451 g/mol. The first-order chi connectivity index (χ1) is 16.5. The van der Waals surface area contributed by atoms with Crippen molar-refractivity contribution >= 4 is 22.5 Å². The van der Waals surface area contributed by atoms with E-state index in [1.54, 1.807) is 13.2 Å². The van der Waals surface area contributed by atoms with Gasteiger partial charge < -0.3 is 14.7 Å². The monoisotopic (exact) mass is 484 g/mol. The van der Waals surface area contributed by atoms with Crippen LogP contribution in [0.4, 0.5) is 4.39 Å². The third-order valence-corrected chi connectivity index (χ3v) is 7.65. The summed E-state index contributed by atoms with van der Waals surface area (Å²) in [5.74, 6) is 0.650. The van der Waals surface area contributed by atoms with Gasteiger partial charge in [0.25, 0.3) is 0 Å². The number of aliphatic hydroxyl groups is 1. The Kier molecular flexibility index (Phi) is 8.41. The number of hydrogen-bond acceptors (Lipinski definition) is 4. The summed E-state index contributed by atoms with van der Waals surface area (Å²) in [5, 5.41) is 11.3. The SMILES string of the molecule is COc1ccc2ncc(Cl)c([C@H](F)CCC3(CO)CCN(CCCc4ccccc4)CC3)c2c1. The van der Waals surface area contributed by atoms with E-state index in [1.807, 2.05) is 18.2 Å². The fourth-order valence-corrected chi connectivity index (χ4v) is 5.35. The minimum atomic E-state index is -1.22. The summed E-state index contributed by atoms with van der Waals surface area (Å²) < 4.78 is 20.9. The second-order valence-corrected chi connectivity index (χ2v) is 9.91. The van der Waals surface area contributed by atoms with Gasteiger partial charge in [0.2, 0.25) is 0 Å². The molecule has 1 atom stereocenters. The number of likely N-dealkylation sites (tertiary alicyclic amines) is 1. The summed E-state index contributed by atoms with van der Waals surface area (Å²) in [6, 6.07) is 16.0. The number of methoxy groups -OCH3 is 1. The van der Waals surface area contributed by atoms with Crippen molar-refractivity contribution in [3.05, 3.63) is 70.9 Å². The van der Waals surface area contributed by atoms with Crippen LogP contribution >= 0.6 is 11.6 Å². The Bertz CT molecular complexity index is 1070.